The van der Waals surface area contributed by atoms with Crippen LogP contribution >= 0.6 is 15.9 Å². The first-order valence-electron chi connectivity index (χ1n) is 4.55. The zero-order chi connectivity index (χ0) is 9.64. The summed E-state index contributed by atoms with van der Waals surface area (Å²) in [6.45, 7) is 4.45. The lowest BCUT2D eigenvalue weighted by Crippen LogP contribution is -2.24. The second kappa shape index (κ2) is 2.82. The average Bonchev–Trinajstić information content (AvgIpc) is 2.28. The van der Waals surface area contributed by atoms with E-state index in [9.17, 15) is 0 Å². The van der Waals surface area contributed by atoms with Crippen LogP contribution in [-0.4, -0.2) is 0 Å². The van der Waals surface area contributed by atoms with E-state index in [1.807, 2.05) is 0 Å². The number of fused-ring (bicyclic) bond motifs is 1. The van der Waals surface area contributed by atoms with Gasteiger partial charge in [-0.2, -0.15) is 0 Å². The molecule has 70 valence electrons. The van der Waals surface area contributed by atoms with Crippen LogP contribution in [0.25, 0.3) is 0 Å². The summed E-state index contributed by atoms with van der Waals surface area (Å²) < 4.78 is 1.20. The van der Waals surface area contributed by atoms with Gasteiger partial charge in [-0.3, -0.25) is 0 Å². The van der Waals surface area contributed by atoms with Crippen LogP contribution < -0.4 is 5.73 Å². The number of hydrogen-bond donors (Lipinski definition) is 1. The Morgan fingerprint density at radius 3 is 2.77 bits per heavy atom. The van der Waals surface area contributed by atoms with Crippen molar-refractivity contribution >= 4 is 15.9 Å². The molecule has 1 nitrogen and oxygen atoms in total. The van der Waals surface area contributed by atoms with E-state index in [2.05, 4.69) is 48.0 Å². The molecule has 0 fully saturated rings. The van der Waals surface area contributed by atoms with Gasteiger partial charge >= 0.3 is 0 Å². The highest BCUT2D eigenvalue weighted by Gasteiger charge is 2.37. The van der Waals surface area contributed by atoms with Gasteiger partial charge in [-0.15, -0.1) is 0 Å². The van der Waals surface area contributed by atoms with Gasteiger partial charge in [-0.25, -0.2) is 0 Å². The van der Waals surface area contributed by atoms with Gasteiger partial charge in [0, 0.05) is 10.5 Å². The Bertz CT molecular complexity index is 344. The summed E-state index contributed by atoms with van der Waals surface area (Å²) in [4.78, 5) is 0. The first-order chi connectivity index (χ1) is 6.02. The van der Waals surface area contributed by atoms with Crippen LogP contribution in [0.3, 0.4) is 0 Å². The van der Waals surface area contributed by atoms with Gasteiger partial charge in [0.1, 0.15) is 0 Å². The SMILES string of the molecule is CC1(C)Cc2c(Br)cccc2C1N. The molecule has 2 N–H and O–H groups in total. The molecule has 0 aromatic heterocycles. The van der Waals surface area contributed by atoms with Gasteiger partial charge in [0.05, 0.1) is 0 Å². The molecule has 1 aliphatic carbocycles. The fraction of sp³-hybridized carbons (Fsp3) is 0.455. The summed E-state index contributed by atoms with van der Waals surface area (Å²) in [5.74, 6) is 0. The van der Waals surface area contributed by atoms with Crippen molar-refractivity contribution in [3.8, 4) is 0 Å². The predicted molar refractivity (Wildman–Crippen MR) is 58.6 cm³/mol. The Labute approximate surface area is 87.5 Å². The molecule has 13 heavy (non-hydrogen) atoms. The predicted octanol–water partition coefficient (Wildman–Crippen LogP) is 3.03. The van der Waals surface area contributed by atoms with Gasteiger partial charge in [-0.1, -0.05) is 41.9 Å². The monoisotopic (exact) mass is 239 g/mol. The first-order valence-corrected chi connectivity index (χ1v) is 5.34. The van der Waals surface area contributed by atoms with Crippen LogP contribution in [0.5, 0.6) is 0 Å². The van der Waals surface area contributed by atoms with Gasteiger partial charge in [0.2, 0.25) is 0 Å². The van der Waals surface area contributed by atoms with Gasteiger partial charge < -0.3 is 5.73 Å². The van der Waals surface area contributed by atoms with Crippen molar-refractivity contribution in [1.29, 1.82) is 0 Å². The van der Waals surface area contributed by atoms with Crippen molar-refractivity contribution in [3.05, 3.63) is 33.8 Å². The Morgan fingerprint density at radius 1 is 1.46 bits per heavy atom. The minimum Gasteiger partial charge on any atom is -0.323 e. The van der Waals surface area contributed by atoms with Crippen molar-refractivity contribution in [2.75, 3.05) is 0 Å². The summed E-state index contributed by atoms with van der Waals surface area (Å²) in [7, 11) is 0. The Kier molecular flexibility index (Phi) is 2.00. The van der Waals surface area contributed by atoms with Crippen LogP contribution in [0.2, 0.25) is 0 Å². The van der Waals surface area contributed by atoms with Gasteiger partial charge in [0.25, 0.3) is 0 Å². The van der Waals surface area contributed by atoms with E-state index in [-0.39, 0.29) is 11.5 Å². The van der Waals surface area contributed by atoms with Crippen molar-refractivity contribution in [2.24, 2.45) is 11.1 Å². The number of benzene rings is 1. The molecule has 0 saturated carbocycles. The van der Waals surface area contributed by atoms with E-state index in [4.69, 9.17) is 5.73 Å². The molecule has 1 aliphatic rings. The average molecular weight is 240 g/mol. The third-order valence-electron chi connectivity index (χ3n) is 2.96. The molecular formula is C11H14BrN. The third-order valence-corrected chi connectivity index (χ3v) is 3.71. The van der Waals surface area contributed by atoms with E-state index in [0.29, 0.717) is 0 Å². The number of nitrogens with two attached hydrogens (primary N) is 1. The third kappa shape index (κ3) is 1.32. The lowest BCUT2D eigenvalue weighted by Gasteiger charge is -2.23. The highest BCUT2D eigenvalue weighted by molar-refractivity contribution is 9.10. The zero-order valence-electron chi connectivity index (χ0n) is 7.97. The van der Waals surface area contributed by atoms with E-state index in [1.54, 1.807) is 0 Å². The molecule has 0 saturated heterocycles. The molecule has 2 rings (SSSR count). The molecular weight excluding hydrogens is 226 g/mol. The van der Waals surface area contributed by atoms with Crippen LogP contribution in [0.1, 0.15) is 31.0 Å². The first kappa shape index (κ1) is 9.22. The van der Waals surface area contributed by atoms with Crippen molar-refractivity contribution < 1.29 is 0 Å². The normalized spacial score (nSPS) is 24.5. The summed E-state index contributed by atoms with van der Waals surface area (Å²) in [5, 5.41) is 0. The van der Waals surface area contributed by atoms with Crippen LogP contribution in [0.4, 0.5) is 0 Å². The second-order valence-electron chi connectivity index (χ2n) is 4.45. The molecule has 1 aromatic carbocycles. The molecule has 0 spiro atoms. The molecule has 0 bridgehead atoms. The summed E-state index contributed by atoms with van der Waals surface area (Å²) in [6, 6.07) is 6.47. The van der Waals surface area contributed by atoms with E-state index in [0.717, 1.165) is 6.42 Å². The zero-order valence-corrected chi connectivity index (χ0v) is 9.56. The lowest BCUT2D eigenvalue weighted by molar-refractivity contribution is 0.319. The molecule has 0 heterocycles. The van der Waals surface area contributed by atoms with Crippen molar-refractivity contribution in [3.63, 3.8) is 0 Å². The van der Waals surface area contributed by atoms with Crippen LogP contribution in [0.15, 0.2) is 22.7 Å². The van der Waals surface area contributed by atoms with E-state index >= 15 is 0 Å². The smallest absolute Gasteiger partial charge is 0.0353 e. The second-order valence-corrected chi connectivity index (χ2v) is 5.30. The summed E-state index contributed by atoms with van der Waals surface area (Å²) >= 11 is 3.57. The van der Waals surface area contributed by atoms with Crippen molar-refractivity contribution in [1.82, 2.24) is 0 Å². The molecule has 2 heteroatoms. The lowest BCUT2D eigenvalue weighted by atomic mass is 9.86. The molecule has 0 aliphatic heterocycles. The van der Waals surface area contributed by atoms with E-state index in [1.165, 1.54) is 15.6 Å². The largest absolute Gasteiger partial charge is 0.323 e. The van der Waals surface area contributed by atoms with Gasteiger partial charge in [-0.05, 0) is 29.0 Å². The maximum Gasteiger partial charge on any atom is 0.0353 e. The fourth-order valence-corrected chi connectivity index (χ4v) is 2.56. The maximum atomic E-state index is 6.17. The standard InChI is InChI=1S/C11H14BrN/c1-11(2)6-8-7(10(11)13)4-3-5-9(8)12/h3-5,10H,6,13H2,1-2H3. The minimum absolute atomic E-state index is 0.181. The number of halogens is 1. The molecule has 0 radical (unpaired) electrons. The Morgan fingerprint density at radius 2 is 2.15 bits per heavy atom. The fourth-order valence-electron chi connectivity index (χ4n) is 2.04. The highest BCUT2D eigenvalue weighted by Crippen LogP contribution is 2.45. The minimum atomic E-state index is 0.181. The van der Waals surface area contributed by atoms with Crippen molar-refractivity contribution in [2.45, 2.75) is 26.3 Å². The Hall–Kier alpha value is -0.340. The van der Waals surface area contributed by atoms with Gasteiger partial charge in [0.15, 0.2) is 0 Å². The number of rotatable bonds is 0. The molecule has 1 unspecified atom stereocenters. The quantitative estimate of drug-likeness (QED) is 0.741. The van der Waals surface area contributed by atoms with E-state index < -0.39 is 0 Å². The maximum absolute atomic E-state index is 6.17. The summed E-state index contributed by atoms with van der Waals surface area (Å²) in [6.07, 6.45) is 1.07. The summed E-state index contributed by atoms with van der Waals surface area (Å²) in [5.41, 5.74) is 9.07. The molecule has 1 atom stereocenters. The highest BCUT2D eigenvalue weighted by atomic mass is 79.9. The van der Waals surface area contributed by atoms with Crippen LogP contribution in [-0.2, 0) is 6.42 Å². The Balaban J connectivity index is 2.56. The molecule has 0 amide bonds. The topological polar surface area (TPSA) is 26.0 Å². The molecule has 1 aromatic rings. The van der Waals surface area contributed by atoms with Crippen LogP contribution in [0, 0.1) is 5.41 Å². The number of hydrogen-bond acceptors (Lipinski definition) is 1.